The number of thioether (sulfide) groups is 1. The summed E-state index contributed by atoms with van der Waals surface area (Å²) in [7, 11) is 1.56. The molecule has 2 aromatic carbocycles. The molecule has 9 nitrogen and oxygen atoms in total. The van der Waals surface area contributed by atoms with Gasteiger partial charge in [-0.2, -0.15) is 5.10 Å². The Morgan fingerprint density at radius 1 is 1.18 bits per heavy atom. The highest BCUT2D eigenvalue weighted by molar-refractivity contribution is 7.99. The van der Waals surface area contributed by atoms with Crippen LogP contribution in [0.5, 0.6) is 17.2 Å². The van der Waals surface area contributed by atoms with Crippen LogP contribution in [0.15, 0.2) is 51.1 Å². The summed E-state index contributed by atoms with van der Waals surface area (Å²) in [6, 6.07) is 10.2. The molecule has 0 unspecified atom stereocenters. The minimum absolute atomic E-state index is 0.0228. The van der Waals surface area contributed by atoms with Crippen molar-refractivity contribution in [2.75, 3.05) is 12.9 Å². The van der Waals surface area contributed by atoms with Crippen molar-refractivity contribution < 1.29 is 23.4 Å². The Balaban J connectivity index is 1.44. The summed E-state index contributed by atoms with van der Waals surface area (Å²) in [6.45, 7) is 3.89. The Bertz CT molecular complexity index is 1160. The van der Waals surface area contributed by atoms with Crippen molar-refractivity contribution in [1.82, 2.24) is 15.6 Å². The zero-order valence-electron chi connectivity index (χ0n) is 18.6. The molecule has 0 fully saturated rings. The lowest BCUT2D eigenvalue weighted by Gasteiger charge is -2.13. The Kier molecular flexibility index (Phi) is 9.43. The zero-order valence-corrected chi connectivity index (χ0v) is 20.9. The number of ether oxygens (including phenoxy) is 3. The molecule has 0 aliphatic carbocycles. The predicted octanol–water partition coefficient (Wildman–Crippen LogP) is 4.99. The molecule has 0 atom stereocenters. The van der Waals surface area contributed by atoms with Crippen molar-refractivity contribution in [2.24, 2.45) is 5.10 Å². The quantitative estimate of drug-likeness (QED) is 0.212. The van der Waals surface area contributed by atoms with Crippen molar-refractivity contribution in [2.45, 2.75) is 31.8 Å². The third kappa shape index (κ3) is 7.82. The number of nitrogens with zero attached hydrogens (tertiary/aromatic N) is 3. The Morgan fingerprint density at radius 2 is 1.97 bits per heavy atom. The average molecular weight is 525 g/mol. The molecular formula is C22H22Cl2N4O5S. The van der Waals surface area contributed by atoms with Gasteiger partial charge in [-0.1, -0.05) is 35.0 Å². The molecule has 34 heavy (non-hydrogen) atoms. The molecule has 12 heteroatoms. The van der Waals surface area contributed by atoms with Crippen LogP contribution in [0, 0.1) is 0 Å². The molecule has 1 heterocycles. The van der Waals surface area contributed by atoms with Gasteiger partial charge in [0.1, 0.15) is 5.75 Å². The van der Waals surface area contributed by atoms with Gasteiger partial charge in [0.25, 0.3) is 17.0 Å². The largest absolute Gasteiger partial charge is 0.493 e. The first-order chi connectivity index (χ1) is 16.3. The second-order valence-corrected chi connectivity index (χ2v) is 8.75. The van der Waals surface area contributed by atoms with Crippen LogP contribution in [0.4, 0.5) is 0 Å². The molecule has 3 aromatic rings. The predicted molar refractivity (Wildman–Crippen MR) is 130 cm³/mol. The van der Waals surface area contributed by atoms with E-state index in [1.165, 1.54) is 6.21 Å². The fourth-order valence-electron chi connectivity index (χ4n) is 2.54. The number of hydrogen-bond acceptors (Lipinski definition) is 9. The van der Waals surface area contributed by atoms with Crippen molar-refractivity contribution >= 4 is 47.1 Å². The highest BCUT2D eigenvalue weighted by atomic mass is 35.5. The smallest absolute Gasteiger partial charge is 0.277 e. The van der Waals surface area contributed by atoms with Gasteiger partial charge >= 0.3 is 0 Å². The normalized spacial score (nSPS) is 11.1. The SMILES string of the molecule is COc1cc(/C=N\NC(=O)CSc2nnc(COc3ccc(Cl)cc3Cl)o2)ccc1OC(C)C. The number of aromatic nitrogens is 2. The summed E-state index contributed by atoms with van der Waals surface area (Å²) < 4.78 is 22.0. The molecule has 1 amide bonds. The van der Waals surface area contributed by atoms with E-state index in [4.69, 9.17) is 41.8 Å². The van der Waals surface area contributed by atoms with Crippen LogP contribution in [0.1, 0.15) is 25.3 Å². The van der Waals surface area contributed by atoms with Gasteiger partial charge in [0, 0.05) is 5.02 Å². The molecule has 0 radical (unpaired) electrons. The lowest BCUT2D eigenvalue weighted by Crippen LogP contribution is -2.19. The summed E-state index contributed by atoms with van der Waals surface area (Å²) in [5.74, 6) is 1.59. The average Bonchev–Trinajstić information content (AvgIpc) is 3.25. The van der Waals surface area contributed by atoms with E-state index in [0.717, 1.165) is 17.3 Å². The third-order valence-corrected chi connectivity index (χ3v) is 5.32. The lowest BCUT2D eigenvalue weighted by atomic mass is 10.2. The first-order valence-corrected chi connectivity index (χ1v) is 11.8. The van der Waals surface area contributed by atoms with Crippen LogP contribution < -0.4 is 19.6 Å². The number of hydrazone groups is 1. The number of carbonyl (C=O) groups is 1. The van der Waals surface area contributed by atoms with Gasteiger partial charge in [0.05, 0.1) is 30.2 Å². The molecule has 3 rings (SSSR count). The maximum atomic E-state index is 12.1. The number of hydrogen-bond donors (Lipinski definition) is 1. The van der Waals surface area contributed by atoms with Gasteiger partial charge in [-0.05, 0) is 55.8 Å². The molecule has 0 aliphatic heterocycles. The van der Waals surface area contributed by atoms with Crippen LogP contribution >= 0.6 is 35.0 Å². The Hall–Kier alpha value is -2.95. The van der Waals surface area contributed by atoms with Gasteiger partial charge in [0.2, 0.25) is 0 Å². The number of rotatable bonds is 11. The van der Waals surface area contributed by atoms with Crippen molar-refractivity contribution in [3.8, 4) is 17.2 Å². The lowest BCUT2D eigenvalue weighted by molar-refractivity contribution is -0.118. The maximum absolute atomic E-state index is 12.1. The zero-order chi connectivity index (χ0) is 24.5. The number of amides is 1. The second-order valence-electron chi connectivity index (χ2n) is 6.98. The van der Waals surface area contributed by atoms with Gasteiger partial charge in [0.15, 0.2) is 18.1 Å². The molecule has 1 N–H and O–H groups in total. The van der Waals surface area contributed by atoms with Crippen LogP contribution in [0.3, 0.4) is 0 Å². The summed E-state index contributed by atoms with van der Waals surface area (Å²) in [5, 5.41) is 12.8. The van der Waals surface area contributed by atoms with E-state index in [1.807, 2.05) is 19.9 Å². The molecule has 1 aromatic heterocycles. The molecule has 0 aliphatic rings. The van der Waals surface area contributed by atoms with E-state index >= 15 is 0 Å². The molecule has 180 valence electrons. The first kappa shape index (κ1) is 25.7. The van der Waals surface area contributed by atoms with Crippen LogP contribution in [0.2, 0.25) is 10.0 Å². The number of nitrogens with one attached hydrogen (secondary N) is 1. The monoisotopic (exact) mass is 524 g/mol. The highest BCUT2D eigenvalue weighted by Gasteiger charge is 2.11. The van der Waals surface area contributed by atoms with E-state index in [-0.39, 0.29) is 35.5 Å². The summed E-state index contributed by atoms with van der Waals surface area (Å²) in [5.41, 5.74) is 3.19. The maximum Gasteiger partial charge on any atom is 0.277 e. The van der Waals surface area contributed by atoms with Crippen molar-refractivity contribution in [1.29, 1.82) is 0 Å². The highest BCUT2D eigenvalue weighted by Crippen LogP contribution is 2.29. The second kappa shape index (κ2) is 12.5. The third-order valence-electron chi connectivity index (χ3n) is 3.97. The first-order valence-electron chi connectivity index (χ1n) is 10.0. The van der Waals surface area contributed by atoms with Crippen molar-refractivity contribution in [3.05, 3.63) is 57.9 Å². The number of methoxy groups -OCH3 is 1. The van der Waals surface area contributed by atoms with Crippen LogP contribution in [0.25, 0.3) is 0 Å². The summed E-state index contributed by atoms with van der Waals surface area (Å²) in [4.78, 5) is 12.1. The van der Waals surface area contributed by atoms with E-state index in [2.05, 4.69) is 20.7 Å². The Morgan fingerprint density at radius 3 is 2.71 bits per heavy atom. The van der Waals surface area contributed by atoms with E-state index < -0.39 is 0 Å². The molecule has 0 bridgehead atoms. The summed E-state index contributed by atoms with van der Waals surface area (Å²) >= 11 is 13.0. The molecule has 0 spiro atoms. The molecule has 0 saturated heterocycles. The molecule has 0 saturated carbocycles. The van der Waals surface area contributed by atoms with E-state index in [1.54, 1.807) is 37.4 Å². The number of benzene rings is 2. The topological polar surface area (TPSA) is 108 Å². The minimum atomic E-state index is -0.336. The van der Waals surface area contributed by atoms with Crippen LogP contribution in [-0.4, -0.2) is 41.3 Å². The van der Waals surface area contributed by atoms with Crippen LogP contribution in [-0.2, 0) is 11.4 Å². The standard InChI is InChI=1S/C22H22Cl2N4O5S/c1-13(2)32-18-6-4-14(8-19(18)30-3)10-25-26-20(29)12-34-22-28-27-21(33-22)11-31-17-7-5-15(23)9-16(17)24/h4-10,13H,11-12H2,1-3H3,(H,26,29)/b25-10-. The number of halogens is 2. The Labute approximate surface area is 210 Å². The van der Waals surface area contributed by atoms with E-state index in [9.17, 15) is 4.79 Å². The fraction of sp³-hybridized carbons (Fsp3) is 0.273. The number of carbonyl (C=O) groups excluding carboxylic acids is 1. The van der Waals surface area contributed by atoms with E-state index in [0.29, 0.717) is 27.3 Å². The van der Waals surface area contributed by atoms with Gasteiger partial charge in [-0.25, -0.2) is 5.43 Å². The fourth-order valence-corrected chi connectivity index (χ4v) is 3.58. The van der Waals surface area contributed by atoms with Gasteiger partial charge in [-0.15, -0.1) is 10.2 Å². The minimum Gasteiger partial charge on any atom is -0.493 e. The van der Waals surface area contributed by atoms with Gasteiger partial charge in [-0.3, -0.25) is 4.79 Å². The van der Waals surface area contributed by atoms with Crippen molar-refractivity contribution in [3.63, 3.8) is 0 Å². The summed E-state index contributed by atoms with van der Waals surface area (Å²) in [6.07, 6.45) is 1.53. The van der Waals surface area contributed by atoms with Gasteiger partial charge < -0.3 is 18.6 Å². The molecular weight excluding hydrogens is 503 g/mol.